The Morgan fingerprint density at radius 2 is 1.58 bits per heavy atom. The van der Waals surface area contributed by atoms with Gasteiger partial charge in [0, 0.05) is 46.1 Å². The van der Waals surface area contributed by atoms with Gasteiger partial charge in [0.25, 0.3) is 0 Å². The van der Waals surface area contributed by atoms with Gasteiger partial charge in [-0.15, -0.1) is 0 Å². The van der Waals surface area contributed by atoms with Crippen molar-refractivity contribution in [1.29, 1.82) is 0 Å². The Hall–Kier alpha value is -3.35. The van der Waals surface area contributed by atoms with Crippen molar-refractivity contribution in [1.82, 2.24) is 20.4 Å². The normalized spacial score (nSPS) is 22.6. The number of hydrogen-bond acceptors (Lipinski definition) is 8. The van der Waals surface area contributed by atoms with Crippen LogP contribution < -0.4 is 10.6 Å². The van der Waals surface area contributed by atoms with Crippen LogP contribution in [0.3, 0.4) is 0 Å². The van der Waals surface area contributed by atoms with Gasteiger partial charge in [-0.1, -0.05) is 85.2 Å². The zero-order chi connectivity index (χ0) is 39.7. The Morgan fingerprint density at radius 3 is 2.09 bits per heavy atom. The van der Waals surface area contributed by atoms with E-state index in [-0.39, 0.29) is 72.7 Å². The lowest BCUT2D eigenvalue weighted by Gasteiger charge is -2.41. The fourth-order valence-electron chi connectivity index (χ4n) is 8.44. The number of amides is 3. The van der Waals surface area contributed by atoms with E-state index in [0.717, 1.165) is 18.4 Å². The molecule has 53 heavy (non-hydrogen) atoms. The maximum absolute atomic E-state index is 14.4. The van der Waals surface area contributed by atoms with Gasteiger partial charge in [0.2, 0.25) is 17.7 Å². The van der Waals surface area contributed by atoms with Crippen molar-refractivity contribution in [2.75, 3.05) is 28.3 Å². The van der Waals surface area contributed by atoms with E-state index in [0.29, 0.717) is 12.3 Å². The Kier molecular flexibility index (Phi) is 16.5. The van der Waals surface area contributed by atoms with Crippen LogP contribution in [0.4, 0.5) is 0 Å². The van der Waals surface area contributed by atoms with E-state index in [9.17, 15) is 29.1 Å². The van der Waals surface area contributed by atoms with E-state index in [1.807, 2.05) is 69.9 Å². The Labute approximate surface area is 317 Å². The summed E-state index contributed by atoms with van der Waals surface area (Å²) in [7, 11) is 6.61. The van der Waals surface area contributed by atoms with Crippen LogP contribution in [0.1, 0.15) is 86.1 Å². The number of rotatable bonds is 22. The third-order valence-corrected chi connectivity index (χ3v) is 11.8. The number of piperidine rings is 1. The molecular weight excluding hydrogens is 676 g/mol. The second kappa shape index (κ2) is 19.8. The lowest BCUT2D eigenvalue weighted by molar-refractivity contribution is -0.150. The van der Waals surface area contributed by atoms with E-state index >= 15 is 0 Å². The average Bonchev–Trinajstić information content (AvgIpc) is 3.78. The number of hydrogen-bond donors (Lipinski definition) is 3. The van der Waals surface area contributed by atoms with Crippen molar-refractivity contribution in [3.05, 3.63) is 35.9 Å². The van der Waals surface area contributed by atoms with Gasteiger partial charge in [0.15, 0.2) is 5.78 Å². The number of aliphatic carboxylic acids is 1. The van der Waals surface area contributed by atoms with Gasteiger partial charge in [-0.2, -0.15) is 0 Å². The van der Waals surface area contributed by atoms with Crippen LogP contribution in [-0.2, 0) is 39.9 Å². The highest BCUT2D eigenvalue weighted by molar-refractivity contribution is 5.90. The molecule has 1 aromatic rings. The molecule has 1 saturated carbocycles. The number of carboxylic acid groups (broad SMARTS) is 1. The predicted octanol–water partition coefficient (Wildman–Crippen LogP) is 4.19. The summed E-state index contributed by atoms with van der Waals surface area (Å²) >= 11 is 0. The van der Waals surface area contributed by atoms with Crippen molar-refractivity contribution in [3.63, 3.8) is 0 Å². The fourth-order valence-corrected chi connectivity index (χ4v) is 8.44. The molecule has 0 unspecified atom stereocenters. The number of likely N-dealkylation sites (tertiary alicyclic amines) is 1. The Bertz CT molecular complexity index is 1390. The third-order valence-electron chi connectivity index (χ3n) is 11.8. The lowest BCUT2D eigenvalue weighted by atomic mass is 9.84. The van der Waals surface area contributed by atoms with E-state index in [2.05, 4.69) is 17.6 Å². The van der Waals surface area contributed by atoms with Crippen LogP contribution in [0.5, 0.6) is 0 Å². The number of carbonyl (C=O) groups is 5. The van der Waals surface area contributed by atoms with Gasteiger partial charge in [-0.3, -0.25) is 19.2 Å². The minimum atomic E-state index is -1.13. The molecule has 1 saturated heterocycles. The van der Waals surface area contributed by atoms with Gasteiger partial charge in [-0.25, -0.2) is 4.79 Å². The van der Waals surface area contributed by atoms with Crippen LogP contribution in [0.2, 0.25) is 0 Å². The summed E-state index contributed by atoms with van der Waals surface area (Å²) in [5.41, 5.74) is 0.793. The molecule has 0 spiro atoms. The number of ether oxygens (including phenoxy) is 2. The number of methoxy groups -OCH3 is 2. The van der Waals surface area contributed by atoms with Crippen LogP contribution in [0, 0.1) is 35.5 Å². The first kappa shape index (κ1) is 44.0. The van der Waals surface area contributed by atoms with Crippen LogP contribution in [-0.4, -0.2) is 115 Å². The summed E-state index contributed by atoms with van der Waals surface area (Å²) in [6.45, 7) is 13.7. The molecule has 0 bridgehead atoms. The average molecular weight is 743 g/mol. The van der Waals surface area contributed by atoms with E-state index in [1.165, 1.54) is 7.11 Å². The van der Waals surface area contributed by atoms with Gasteiger partial charge >= 0.3 is 5.97 Å². The van der Waals surface area contributed by atoms with Crippen LogP contribution in [0.15, 0.2) is 30.3 Å². The highest BCUT2D eigenvalue weighted by atomic mass is 16.5. The smallest absolute Gasteiger partial charge is 0.326 e. The molecule has 11 atom stereocenters. The number of fused-ring (bicyclic) bond motifs is 1. The summed E-state index contributed by atoms with van der Waals surface area (Å²) in [5, 5.41) is 15.7. The minimum absolute atomic E-state index is 0.00542. The summed E-state index contributed by atoms with van der Waals surface area (Å²) in [6, 6.07) is 6.89. The first-order chi connectivity index (χ1) is 25.0. The Morgan fingerprint density at radius 1 is 0.943 bits per heavy atom. The van der Waals surface area contributed by atoms with E-state index < -0.39 is 48.0 Å². The van der Waals surface area contributed by atoms with Crippen molar-refractivity contribution >= 4 is 29.5 Å². The third kappa shape index (κ3) is 10.9. The molecule has 1 aromatic carbocycles. The largest absolute Gasteiger partial charge is 0.480 e. The fraction of sp³-hybridized carbons (Fsp3) is 0.732. The van der Waals surface area contributed by atoms with Gasteiger partial charge in [0.05, 0.1) is 42.7 Å². The topological polar surface area (TPSA) is 155 Å². The van der Waals surface area contributed by atoms with Crippen molar-refractivity contribution in [2.45, 2.75) is 129 Å². The first-order valence-corrected chi connectivity index (χ1v) is 19.4. The summed E-state index contributed by atoms with van der Waals surface area (Å²) in [4.78, 5) is 71.2. The number of likely N-dealkylation sites (N-methyl/N-ethyl adjacent to an activating group) is 2. The second-order valence-electron chi connectivity index (χ2n) is 16.1. The Balaban J connectivity index is 1.80. The van der Waals surface area contributed by atoms with Crippen LogP contribution in [0.25, 0.3) is 0 Å². The van der Waals surface area contributed by atoms with E-state index in [1.54, 1.807) is 33.0 Å². The molecule has 1 aliphatic heterocycles. The molecule has 2 fully saturated rings. The number of Topliss-reactive ketones (excluding diaryl/α,β-unsaturated/α-hetero) is 1. The molecular formula is C41H66N4O8. The lowest BCUT2D eigenvalue weighted by Crippen LogP contribution is -2.55. The molecule has 3 rings (SSSR count). The number of carboxylic acids is 1. The standard InChI is InChI=1S/C41H66N4O8/c1-12-25(6)37(44(9)40(49)29(23(2)3)21-33(46)36(42-8)24(4)5)34(52-10)22-35(47)45-31-19-28(31)20-32(45)38(53-11)26(7)39(48)43-30(41(50)51)18-27-16-14-13-15-17-27/h13-17,23-26,28-32,34,36-38,42H,12,18-22H2,1-11H3,(H,43,48)(H,50,51)/t25-,26+,28-,29-,30-,31-,32-,34+,36-,37-,38+/m0/s1. The molecule has 0 aromatic heterocycles. The highest BCUT2D eigenvalue weighted by Gasteiger charge is 2.57. The van der Waals surface area contributed by atoms with Gasteiger partial charge in [0.1, 0.15) is 6.04 Å². The molecule has 3 amide bonds. The van der Waals surface area contributed by atoms with Gasteiger partial charge < -0.3 is 35.0 Å². The van der Waals surface area contributed by atoms with Crippen molar-refractivity contribution in [3.8, 4) is 0 Å². The monoisotopic (exact) mass is 742 g/mol. The quantitative estimate of drug-likeness (QED) is 0.159. The predicted molar refractivity (Wildman–Crippen MR) is 204 cm³/mol. The van der Waals surface area contributed by atoms with Gasteiger partial charge in [-0.05, 0) is 49.1 Å². The molecule has 2 aliphatic rings. The molecule has 3 N–H and O–H groups in total. The number of nitrogens with one attached hydrogen (secondary N) is 2. The number of nitrogens with zero attached hydrogens (tertiary/aromatic N) is 2. The molecule has 298 valence electrons. The molecule has 12 nitrogen and oxygen atoms in total. The maximum atomic E-state index is 14.4. The maximum Gasteiger partial charge on any atom is 0.326 e. The van der Waals surface area contributed by atoms with Crippen molar-refractivity contribution < 1.29 is 38.6 Å². The number of benzene rings is 1. The summed E-state index contributed by atoms with van der Waals surface area (Å²) < 4.78 is 12.0. The zero-order valence-electron chi connectivity index (χ0n) is 33.8. The molecule has 1 aliphatic carbocycles. The highest BCUT2D eigenvalue weighted by Crippen LogP contribution is 2.50. The van der Waals surface area contributed by atoms with E-state index in [4.69, 9.17) is 9.47 Å². The summed E-state index contributed by atoms with van der Waals surface area (Å²) in [6.07, 6.45) is 1.30. The number of ketones is 1. The molecule has 1 heterocycles. The minimum Gasteiger partial charge on any atom is -0.480 e. The summed E-state index contributed by atoms with van der Waals surface area (Å²) in [5.74, 6) is -2.82. The van der Waals surface area contributed by atoms with Crippen LogP contribution >= 0.6 is 0 Å². The first-order valence-electron chi connectivity index (χ1n) is 19.4. The van der Waals surface area contributed by atoms with Crippen molar-refractivity contribution in [2.24, 2.45) is 35.5 Å². The zero-order valence-corrected chi connectivity index (χ0v) is 33.8. The molecule has 12 heteroatoms. The second-order valence-corrected chi connectivity index (χ2v) is 16.1. The molecule has 0 radical (unpaired) electrons. The number of carbonyl (C=O) groups excluding carboxylic acids is 4. The SMILES string of the molecule is CC[C@H](C)[C@@H]([C@@H](CC(=O)N1[C@H]2C[C@H]2C[C@H]1[C@H](OC)[C@@H](C)C(=O)N[C@@H](Cc1ccccc1)C(=O)O)OC)N(C)C(=O)[C@@H](CC(=O)[C@@H](NC)C(C)C)C(C)C.